The number of nitrogens with zero attached hydrogens (tertiary/aromatic N) is 2. The summed E-state index contributed by atoms with van der Waals surface area (Å²) in [5.41, 5.74) is 1.17. The standard InChI is InChI=1S/C13H22N4S/c1-4-10-11(14-3)16-9-17-12(10)15-8-13(2)6-5-7-18-13/h9H,4-8H2,1-3H3,(H2,14,15,16,17). The summed E-state index contributed by atoms with van der Waals surface area (Å²) >= 11 is 2.07. The van der Waals surface area contributed by atoms with Crippen LogP contribution in [0.3, 0.4) is 0 Å². The summed E-state index contributed by atoms with van der Waals surface area (Å²) in [6.07, 6.45) is 5.17. The van der Waals surface area contributed by atoms with E-state index in [1.165, 1.54) is 24.2 Å². The molecule has 2 heterocycles. The van der Waals surface area contributed by atoms with Gasteiger partial charge in [0.1, 0.15) is 18.0 Å². The quantitative estimate of drug-likeness (QED) is 0.858. The zero-order valence-corrected chi connectivity index (χ0v) is 12.2. The van der Waals surface area contributed by atoms with Crippen LogP contribution in [0.4, 0.5) is 11.6 Å². The Balaban J connectivity index is 2.09. The fourth-order valence-corrected chi connectivity index (χ4v) is 3.61. The van der Waals surface area contributed by atoms with Crippen molar-refractivity contribution in [1.29, 1.82) is 0 Å². The van der Waals surface area contributed by atoms with Crippen molar-refractivity contribution < 1.29 is 0 Å². The van der Waals surface area contributed by atoms with E-state index in [1.807, 2.05) is 7.05 Å². The molecule has 1 fully saturated rings. The molecule has 1 aliphatic rings. The molecule has 1 aromatic heterocycles. The summed E-state index contributed by atoms with van der Waals surface area (Å²) in [6.45, 7) is 5.45. The van der Waals surface area contributed by atoms with E-state index in [0.717, 1.165) is 24.6 Å². The van der Waals surface area contributed by atoms with Crippen molar-refractivity contribution in [2.75, 3.05) is 30.0 Å². The topological polar surface area (TPSA) is 49.8 Å². The SMILES string of the molecule is CCc1c(NC)ncnc1NCC1(C)CCCS1. The fourth-order valence-electron chi connectivity index (χ4n) is 2.36. The van der Waals surface area contributed by atoms with Gasteiger partial charge in [-0.2, -0.15) is 11.8 Å². The van der Waals surface area contributed by atoms with Crippen molar-refractivity contribution in [3.63, 3.8) is 0 Å². The molecule has 4 nitrogen and oxygen atoms in total. The van der Waals surface area contributed by atoms with Crippen molar-refractivity contribution in [3.8, 4) is 0 Å². The highest BCUT2D eigenvalue weighted by atomic mass is 32.2. The van der Waals surface area contributed by atoms with Gasteiger partial charge in [-0.15, -0.1) is 0 Å². The minimum atomic E-state index is 0.357. The average Bonchev–Trinajstić information content (AvgIpc) is 2.83. The van der Waals surface area contributed by atoms with E-state index < -0.39 is 0 Å². The lowest BCUT2D eigenvalue weighted by Gasteiger charge is -2.24. The lowest BCUT2D eigenvalue weighted by atomic mass is 10.1. The van der Waals surface area contributed by atoms with Gasteiger partial charge < -0.3 is 10.6 Å². The zero-order chi connectivity index (χ0) is 13.0. The van der Waals surface area contributed by atoms with Crippen LogP contribution in [0.15, 0.2) is 6.33 Å². The van der Waals surface area contributed by atoms with Crippen LogP contribution >= 0.6 is 11.8 Å². The largest absolute Gasteiger partial charge is 0.373 e. The minimum Gasteiger partial charge on any atom is -0.373 e. The molecule has 0 radical (unpaired) electrons. The van der Waals surface area contributed by atoms with Gasteiger partial charge in [0.05, 0.1) is 0 Å². The normalized spacial score (nSPS) is 23.1. The maximum absolute atomic E-state index is 4.38. The van der Waals surface area contributed by atoms with Gasteiger partial charge in [0.25, 0.3) is 0 Å². The molecule has 0 amide bonds. The molecule has 1 saturated heterocycles. The third-order valence-corrected chi connectivity index (χ3v) is 5.00. The number of anilines is 2. The number of aromatic nitrogens is 2. The highest BCUT2D eigenvalue weighted by Gasteiger charge is 2.29. The summed E-state index contributed by atoms with van der Waals surface area (Å²) in [7, 11) is 1.90. The van der Waals surface area contributed by atoms with Crippen LogP contribution in [0.2, 0.25) is 0 Å². The molecular weight excluding hydrogens is 244 g/mol. The maximum Gasteiger partial charge on any atom is 0.134 e. The molecular formula is C13H22N4S. The van der Waals surface area contributed by atoms with Crippen LogP contribution in [0, 0.1) is 0 Å². The van der Waals surface area contributed by atoms with Crippen LogP contribution in [-0.4, -0.2) is 34.1 Å². The highest BCUT2D eigenvalue weighted by molar-refractivity contribution is 8.00. The lowest BCUT2D eigenvalue weighted by Crippen LogP contribution is -2.28. The van der Waals surface area contributed by atoms with Crippen LogP contribution in [-0.2, 0) is 6.42 Å². The molecule has 1 aromatic rings. The molecule has 0 aliphatic carbocycles. The van der Waals surface area contributed by atoms with Gasteiger partial charge in [-0.05, 0) is 31.9 Å². The first-order valence-electron chi connectivity index (χ1n) is 6.58. The Morgan fingerprint density at radius 1 is 1.39 bits per heavy atom. The summed E-state index contributed by atoms with van der Waals surface area (Å²) in [5.74, 6) is 3.19. The molecule has 1 atom stereocenters. The smallest absolute Gasteiger partial charge is 0.134 e. The predicted molar refractivity (Wildman–Crippen MR) is 79.5 cm³/mol. The number of nitrogens with one attached hydrogen (secondary N) is 2. The van der Waals surface area contributed by atoms with Crippen molar-refractivity contribution >= 4 is 23.4 Å². The first-order chi connectivity index (χ1) is 8.68. The lowest BCUT2D eigenvalue weighted by molar-refractivity contribution is 0.633. The molecule has 100 valence electrons. The van der Waals surface area contributed by atoms with E-state index in [2.05, 4.69) is 46.2 Å². The van der Waals surface area contributed by atoms with Gasteiger partial charge in [0.2, 0.25) is 0 Å². The molecule has 0 saturated carbocycles. The third-order valence-electron chi connectivity index (χ3n) is 3.47. The minimum absolute atomic E-state index is 0.357. The second kappa shape index (κ2) is 5.78. The van der Waals surface area contributed by atoms with Crippen molar-refractivity contribution in [2.45, 2.75) is 37.9 Å². The molecule has 0 bridgehead atoms. The Labute approximate surface area is 113 Å². The van der Waals surface area contributed by atoms with E-state index in [-0.39, 0.29) is 0 Å². The molecule has 0 aromatic carbocycles. The second-order valence-electron chi connectivity index (χ2n) is 4.91. The van der Waals surface area contributed by atoms with E-state index in [1.54, 1.807) is 6.33 Å². The molecule has 2 rings (SSSR count). The summed E-state index contributed by atoms with van der Waals surface area (Å²) in [4.78, 5) is 8.64. The van der Waals surface area contributed by atoms with E-state index in [4.69, 9.17) is 0 Å². The fraction of sp³-hybridized carbons (Fsp3) is 0.692. The first kappa shape index (κ1) is 13.5. The van der Waals surface area contributed by atoms with E-state index >= 15 is 0 Å². The van der Waals surface area contributed by atoms with E-state index in [9.17, 15) is 0 Å². The Morgan fingerprint density at radius 2 is 2.17 bits per heavy atom. The molecule has 5 heteroatoms. The maximum atomic E-state index is 4.38. The molecule has 18 heavy (non-hydrogen) atoms. The average molecular weight is 266 g/mol. The van der Waals surface area contributed by atoms with E-state index in [0.29, 0.717) is 4.75 Å². The molecule has 1 unspecified atom stereocenters. The molecule has 2 N–H and O–H groups in total. The van der Waals surface area contributed by atoms with Gasteiger partial charge in [-0.3, -0.25) is 0 Å². The van der Waals surface area contributed by atoms with Crippen LogP contribution in [0.25, 0.3) is 0 Å². The van der Waals surface area contributed by atoms with Gasteiger partial charge in [-0.25, -0.2) is 9.97 Å². The van der Waals surface area contributed by atoms with Crippen molar-refractivity contribution in [2.24, 2.45) is 0 Å². The number of hydrogen-bond donors (Lipinski definition) is 2. The second-order valence-corrected chi connectivity index (χ2v) is 6.59. The van der Waals surface area contributed by atoms with Gasteiger partial charge in [0, 0.05) is 23.9 Å². The zero-order valence-electron chi connectivity index (χ0n) is 11.4. The number of hydrogen-bond acceptors (Lipinski definition) is 5. The van der Waals surface area contributed by atoms with Crippen LogP contribution in [0.5, 0.6) is 0 Å². The summed E-state index contributed by atoms with van der Waals surface area (Å²) in [5, 5.41) is 6.64. The Bertz CT molecular complexity index is 402. The summed E-state index contributed by atoms with van der Waals surface area (Å²) in [6, 6.07) is 0. The van der Waals surface area contributed by atoms with Crippen molar-refractivity contribution in [3.05, 3.63) is 11.9 Å². The van der Waals surface area contributed by atoms with Gasteiger partial charge in [-0.1, -0.05) is 6.92 Å². The van der Waals surface area contributed by atoms with Gasteiger partial charge in [0.15, 0.2) is 0 Å². The summed E-state index contributed by atoms with van der Waals surface area (Å²) < 4.78 is 0.357. The Kier molecular flexibility index (Phi) is 4.32. The van der Waals surface area contributed by atoms with Crippen molar-refractivity contribution in [1.82, 2.24) is 9.97 Å². The van der Waals surface area contributed by atoms with Gasteiger partial charge >= 0.3 is 0 Å². The number of rotatable bonds is 5. The Hall–Kier alpha value is -0.970. The van der Waals surface area contributed by atoms with Crippen LogP contribution in [0.1, 0.15) is 32.3 Å². The number of thioether (sulfide) groups is 1. The third kappa shape index (κ3) is 2.88. The van der Waals surface area contributed by atoms with Crippen LogP contribution < -0.4 is 10.6 Å². The molecule has 1 aliphatic heterocycles. The Morgan fingerprint density at radius 3 is 2.78 bits per heavy atom. The molecule has 0 spiro atoms. The monoisotopic (exact) mass is 266 g/mol. The first-order valence-corrected chi connectivity index (χ1v) is 7.56. The predicted octanol–water partition coefficient (Wildman–Crippen LogP) is 2.78. The highest BCUT2D eigenvalue weighted by Crippen LogP contribution is 2.37.